The summed E-state index contributed by atoms with van der Waals surface area (Å²) in [6.07, 6.45) is 0. The molecule has 0 bridgehead atoms. The molecule has 1 saturated heterocycles. The van der Waals surface area contributed by atoms with Gasteiger partial charge >= 0.3 is 0 Å². The molecule has 1 aliphatic heterocycles. The zero-order valence-electron chi connectivity index (χ0n) is 10.6. The lowest BCUT2D eigenvalue weighted by Crippen LogP contribution is -2.48. The Kier molecular flexibility index (Phi) is 4.52. The first-order valence-corrected chi connectivity index (χ1v) is 6.09. The maximum Gasteiger partial charge on any atom is 0.169 e. The smallest absolute Gasteiger partial charge is 0.169 e. The van der Waals surface area contributed by atoms with Crippen LogP contribution in [0.15, 0.2) is 18.2 Å². The van der Waals surface area contributed by atoms with Crippen molar-refractivity contribution in [3.63, 3.8) is 0 Å². The minimum atomic E-state index is -0.290. The molecule has 1 unspecified atom stereocenters. The van der Waals surface area contributed by atoms with Gasteiger partial charge in [0.15, 0.2) is 11.6 Å². The highest BCUT2D eigenvalue weighted by molar-refractivity contribution is 5.31. The minimum Gasteiger partial charge on any atom is -0.494 e. The fourth-order valence-electron chi connectivity index (χ4n) is 2.17. The Balaban J connectivity index is 2.12. The van der Waals surface area contributed by atoms with Gasteiger partial charge in [-0.1, -0.05) is 12.1 Å². The van der Waals surface area contributed by atoms with Crippen molar-refractivity contribution in [3.8, 4) is 5.75 Å². The van der Waals surface area contributed by atoms with Gasteiger partial charge in [-0.25, -0.2) is 4.39 Å². The van der Waals surface area contributed by atoms with Crippen molar-refractivity contribution < 1.29 is 13.9 Å². The predicted octanol–water partition coefficient (Wildman–Crippen LogP) is 0.994. The van der Waals surface area contributed by atoms with Crippen LogP contribution in [-0.4, -0.2) is 44.4 Å². The van der Waals surface area contributed by atoms with Gasteiger partial charge in [0, 0.05) is 31.2 Å². The average molecular weight is 254 g/mol. The van der Waals surface area contributed by atoms with Gasteiger partial charge < -0.3 is 15.2 Å². The van der Waals surface area contributed by atoms with E-state index in [2.05, 4.69) is 4.90 Å². The molecule has 0 spiro atoms. The highest BCUT2D eigenvalue weighted by Gasteiger charge is 2.23. The van der Waals surface area contributed by atoms with E-state index >= 15 is 0 Å². The zero-order chi connectivity index (χ0) is 13.0. The zero-order valence-corrected chi connectivity index (χ0v) is 10.6. The average Bonchev–Trinajstić information content (AvgIpc) is 2.42. The van der Waals surface area contributed by atoms with E-state index in [0.29, 0.717) is 31.9 Å². The van der Waals surface area contributed by atoms with E-state index in [1.807, 2.05) is 0 Å². The molecule has 2 N–H and O–H groups in total. The number of ether oxygens (including phenoxy) is 2. The van der Waals surface area contributed by atoms with Gasteiger partial charge in [0.05, 0.1) is 20.3 Å². The van der Waals surface area contributed by atoms with Gasteiger partial charge in [0.2, 0.25) is 0 Å². The summed E-state index contributed by atoms with van der Waals surface area (Å²) in [6, 6.07) is 5.36. The number of methoxy groups -OCH3 is 1. The Morgan fingerprint density at radius 2 is 2.39 bits per heavy atom. The van der Waals surface area contributed by atoms with Crippen LogP contribution in [0, 0.1) is 5.82 Å². The van der Waals surface area contributed by atoms with E-state index in [1.165, 1.54) is 7.11 Å². The Labute approximate surface area is 106 Å². The second-order valence-electron chi connectivity index (χ2n) is 4.37. The van der Waals surface area contributed by atoms with Gasteiger partial charge in [-0.2, -0.15) is 0 Å². The van der Waals surface area contributed by atoms with E-state index in [0.717, 1.165) is 6.54 Å². The Morgan fingerprint density at radius 3 is 3.11 bits per heavy atom. The molecule has 1 atom stereocenters. The molecule has 1 aromatic carbocycles. The molecular weight excluding hydrogens is 235 g/mol. The summed E-state index contributed by atoms with van der Waals surface area (Å²) < 4.78 is 24.4. The molecule has 1 heterocycles. The standard InChI is InChI=1S/C13H19FN2O2/c1-17-12-4-2-3-10(13(12)14)8-16-5-6-18-9-11(16)7-15/h2-4,11H,5-9,15H2,1H3. The fraction of sp³-hybridized carbons (Fsp3) is 0.538. The van der Waals surface area contributed by atoms with Crippen LogP contribution in [0.1, 0.15) is 5.56 Å². The van der Waals surface area contributed by atoms with E-state index < -0.39 is 0 Å². The van der Waals surface area contributed by atoms with Crippen LogP contribution in [0.25, 0.3) is 0 Å². The number of morpholine rings is 1. The molecule has 2 rings (SSSR count). The molecular formula is C13H19FN2O2. The Morgan fingerprint density at radius 1 is 1.56 bits per heavy atom. The lowest BCUT2D eigenvalue weighted by molar-refractivity contribution is -0.00839. The molecule has 1 fully saturated rings. The number of nitrogens with two attached hydrogens (primary N) is 1. The first kappa shape index (κ1) is 13.3. The third-order valence-electron chi connectivity index (χ3n) is 3.26. The molecule has 18 heavy (non-hydrogen) atoms. The number of rotatable bonds is 4. The highest BCUT2D eigenvalue weighted by Crippen LogP contribution is 2.22. The molecule has 100 valence electrons. The van der Waals surface area contributed by atoms with Crippen LogP contribution >= 0.6 is 0 Å². The van der Waals surface area contributed by atoms with Crippen molar-refractivity contribution in [1.82, 2.24) is 4.90 Å². The predicted molar refractivity (Wildman–Crippen MR) is 67.0 cm³/mol. The summed E-state index contributed by atoms with van der Waals surface area (Å²) in [5, 5.41) is 0. The monoisotopic (exact) mass is 254 g/mol. The SMILES string of the molecule is COc1cccc(CN2CCOCC2CN)c1F. The van der Waals surface area contributed by atoms with Crippen LogP contribution in [0.2, 0.25) is 0 Å². The first-order valence-electron chi connectivity index (χ1n) is 6.09. The molecule has 0 radical (unpaired) electrons. The third kappa shape index (κ3) is 2.80. The molecule has 5 heteroatoms. The van der Waals surface area contributed by atoms with Crippen LogP contribution in [-0.2, 0) is 11.3 Å². The van der Waals surface area contributed by atoms with Crippen molar-refractivity contribution in [1.29, 1.82) is 0 Å². The number of nitrogens with zero attached hydrogens (tertiary/aromatic N) is 1. The Hall–Kier alpha value is -1.17. The van der Waals surface area contributed by atoms with Gasteiger partial charge in [-0.15, -0.1) is 0 Å². The van der Waals surface area contributed by atoms with E-state index in [9.17, 15) is 4.39 Å². The van der Waals surface area contributed by atoms with Crippen molar-refractivity contribution in [2.75, 3.05) is 33.4 Å². The van der Waals surface area contributed by atoms with Gasteiger partial charge in [-0.3, -0.25) is 4.90 Å². The first-order chi connectivity index (χ1) is 8.76. The number of halogens is 1. The molecule has 0 saturated carbocycles. The summed E-state index contributed by atoms with van der Waals surface area (Å²) in [5.74, 6) is -0.00711. The Bertz CT molecular complexity index is 401. The number of hydrogen-bond donors (Lipinski definition) is 1. The lowest BCUT2D eigenvalue weighted by Gasteiger charge is -2.34. The van der Waals surface area contributed by atoms with Gasteiger partial charge in [0.1, 0.15) is 0 Å². The van der Waals surface area contributed by atoms with Crippen LogP contribution in [0.5, 0.6) is 5.75 Å². The summed E-state index contributed by atoms with van der Waals surface area (Å²) in [4.78, 5) is 2.15. The van der Waals surface area contributed by atoms with Crippen molar-refractivity contribution in [2.24, 2.45) is 5.73 Å². The lowest BCUT2D eigenvalue weighted by atomic mass is 10.1. The van der Waals surface area contributed by atoms with Gasteiger partial charge in [-0.05, 0) is 6.07 Å². The van der Waals surface area contributed by atoms with Crippen molar-refractivity contribution >= 4 is 0 Å². The maximum atomic E-state index is 14.0. The normalized spacial score (nSPS) is 20.9. The highest BCUT2D eigenvalue weighted by atomic mass is 19.1. The summed E-state index contributed by atoms with van der Waals surface area (Å²) >= 11 is 0. The van der Waals surface area contributed by atoms with Gasteiger partial charge in [0.25, 0.3) is 0 Å². The van der Waals surface area contributed by atoms with Crippen molar-refractivity contribution in [2.45, 2.75) is 12.6 Å². The maximum absolute atomic E-state index is 14.0. The second-order valence-corrected chi connectivity index (χ2v) is 4.37. The minimum absolute atomic E-state index is 0.157. The van der Waals surface area contributed by atoms with Crippen LogP contribution in [0.3, 0.4) is 0 Å². The second kappa shape index (κ2) is 6.13. The molecule has 0 aromatic heterocycles. The van der Waals surface area contributed by atoms with E-state index in [4.69, 9.17) is 15.2 Å². The van der Waals surface area contributed by atoms with E-state index in [-0.39, 0.29) is 17.6 Å². The van der Waals surface area contributed by atoms with Crippen LogP contribution in [0.4, 0.5) is 4.39 Å². The van der Waals surface area contributed by atoms with Crippen LogP contribution < -0.4 is 10.5 Å². The summed E-state index contributed by atoms with van der Waals surface area (Å²) in [5.41, 5.74) is 6.34. The van der Waals surface area contributed by atoms with E-state index in [1.54, 1.807) is 18.2 Å². The van der Waals surface area contributed by atoms with Crippen molar-refractivity contribution in [3.05, 3.63) is 29.6 Å². The summed E-state index contributed by atoms with van der Waals surface area (Å²) in [6.45, 7) is 3.11. The summed E-state index contributed by atoms with van der Waals surface area (Å²) in [7, 11) is 1.47. The number of benzene rings is 1. The number of hydrogen-bond acceptors (Lipinski definition) is 4. The molecule has 4 nitrogen and oxygen atoms in total. The molecule has 0 amide bonds. The fourth-order valence-corrected chi connectivity index (χ4v) is 2.17. The molecule has 1 aliphatic rings. The third-order valence-corrected chi connectivity index (χ3v) is 3.26. The quantitative estimate of drug-likeness (QED) is 0.870. The molecule has 0 aliphatic carbocycles. The topological polar surface area (TPSA) is 47.7 Å². The largest absolute Gasteiger partial charge is 0.494 e. The molecule has 1 aromatic rings.